The fourth-order valence-electron chi connectivity index (χ4n) is 6.66. The zero-order valence-electron chi connectivity index (χ0n) is 20.2. The molecule has 6 nitrogen and oxygen atoms in total. The Morgan fingerprint density at radius 2 is 1.94 bits per heavy atom. The summed E-state index contributed by atoms with van der Waals surface area (Å²) in [7, 11) is 0. The second-order valence-electron chi connectivity index (χ2n) is 10.9. The number of amides is 2. The number of hydrogen-bond donors (Lipinski definition) is 1. The number of piperazine rings is 1. The van der Waals surface area contributed by atoms with Crippen molar-refractivity contribution in [2.45, 2.75) is 69.6 Å². The summed E-state index contributed by atoms with van der Waals surface area (Å²) in [6.07, 6.45) is 6.47. The van der Waals surface area contributed by atoms with Crippen molar-refractivity contribution in [2.24, 2.45) is 17.3 Å². The first-order valence-corrected chi connectivity index (χ1v) is 13.6. The van der Waals surface area contributed by atoms with Crippen molar-refractivity contribution in [1.29, 1.82) is 0 Å². The summed E-state index contributed by atoms with van der Waals surface area (Å²) in [6.45, 7) is 3.89. The first-order chi connectivity index (χ1) is 16.8. The van der Waals surface area contributed by atoms with Gasteiger partial charge in [0.1, 0.15) is 18.4 Å². The van der Waals surface area contributed by atoms with Crippen LogP contribution in [0.2, 0.25) is 5.02 Å². The van der Waals surface area contributed by atoms with E-state index in [0.29, 0.717) is 31.2 Å². The Kier molecular flexibility index (Phi) is 7.33. The van der Waals surface area contributed by atoms with Gasteiger partial charge >= 0.3 is 0 Å². The maximum Gasteiger partial charge on any atom is 0.247 e. The molecule has 1 aliphatic carbocycles. The van der Waals surface area contributed by atoms with E-state index in [1.54, 1.807) is 15.9 Å². The molecule has 35 heavy (non-hydrogen) atoms. The molecule has 3 saturated heterocycles. The molecule has 4 aliphatic rings. The van der Waals surface area contributed by atoms with Gasteiger partial charge in [-0.25, -0.2) is 4.39 Å². The Morgan fingerprint density at radius 3 is 2.60 bits per heavy atom. The Balaban J connectivity index is 1.43. The van der Waals surface area contributed by atoms with Gasteiger partial charge in [0.25, 0.3) is 0 Å². The molecule has 2 amide bonds. The number of carbonyl (C=O) groups excluding carboxylic acids is 2. The molecule has 1 aromatic carbocycles. The van der Waals surface area contributed by atoms with Crippen LogP contribution in [0.15, 0.2) is 18.2 Å². The van der Waals surface area contributed by atoms with Gasteiger partial charge in [-0.05, 0) is 42.9 Å². The lowest BCUT2D eigenvalue weighted by Crippen LogP contribution is -2.72. The number of benzene rings is 1. The summed E-state index contributed by atoms with van der Waals surface area (Å²) >= 11 is 12.5. The molecule has 4 atom stereocenters. The molecule has 0 aromatic heterocycles. The summed E-state index contributed by atoms with van der Waals surface area (Å²) in [6, 6.07) is 3.90. The fraction of sp³-hybridized carbons (Fsp3) is 0.692. The van der Waals surface area contributed by atoms with Crippen LogP contribution in [0, 0.1) is 23.1 Å². The molecular formula is C26H34Cl2FN3O3. The van der Waals surface area contributed by atoms with Crippen LogP contribution in [0.1, 0.15) is 51.0 Å². The number of alkyl halides is 1. The molecule has 3 heterocycles. The summed E-state index contributed by atoms with van der Waals surface area (Å²) in [5.41, 5.74) is 0.406. The van der Waals surface area contributed by atoms with Crippen molar-refractivity contribution in [1.82, 2.24) is 15.1 Å². The van der Waals surface area contributed by atoms with Crippen LogP contribution in [0.3, 0.4) is 0 Å². The van der Waals surface area contributed by atoms with E-state index in [9.17, 15) is 14.0 Å². The molecule has 9 heteroatoms. The Morgan fingerprint density at radius 1 is 1.20 bits per heavy atom. The third kappa shape index (κ3) is 4.81. The minimum Gasteiger partial charge on any atom is -0.380 e. The van der Waals surface area contributed by atoms with Crippen LogP contribution in [-0.2, 0) is 20.9 Å². The average molecular weight is 526 g/mol. The fourth-order valence-corrected chi connectivity index (χ4v) is 7.20. The Bertz CT molecular complexity index is 971. The minimum absolute atomic E-state index is 0.000833. The van der Waals surface area contributed by atoms with Gasteiger partial charge in [0, 0.05) is 29.8 Å². The normalized spacial score (nSPS) is 33.2. The van der Waals surface area contributed by atoms with Crippen LogP contribution in [0.25, 0.3) is 0 Å². The molecule has 5 rings (SSSR count). The van der Waals surface area contributed by atoms with Crippen molar-refractivity contribution >= 4 is 35.0 Å². The zero-order chi connectivity index (χ0) is 24.7. The number of piperidine rings is 1. The lowest BCUT2D eigenvalue weighted by atomic mass is 9.64. The van der Waals surface area contributed by atoms with Gasteiger partial charge in [0.2, 0.25) is 11.8 Å². The summed E-state index contributed by atoms with van der Waals surface area (Å²) < 4.78 is 19.5. The van der Waals surface area contributed by atoms with Crippen LogP contribution in [0.5, 0.6) is 0 Å². The maximum atomic E-state index is 14.1. The van der Waals surface area contributed by atoms with Crippen molar-refractivity contribution < 1.29 is 18.7 Å². The number of hydrogen-bond acceptors (Lipinski definition) is 4. The van der Waals surface area contributed by atoms with E-state index < -0.39 is 11.9 Å². The molecule has 0 bridgehead atoms. The third-order valence-corrected chi connectivity index (χ3v) is 9.23. The van der Waals surface area contributed by atoms with Crippen molar-refractivity contribution in [3.63, 3.8) is 0 Å². The predicted octanol–water partition coefficient (Wildman–Crippen LogP) is 4.18. The highest BCUT2D eigenvalue weighted by Gasteiger charge is 2.54. The van der Waals surface area contributed by atoms with Gasteiger partial charge in [-0.15, -0.1) is 11.6 Å². The second kappa shape index (κ2) is 10.2. The van der Waals surface area contributed by atoms with Crippen LogP contribution in [0.4, 0.5) is 4.39 Å². The van der Waals surface area contributed by atoms with Crippen molar-refractivity contribution in [3.05, 3.63) is 34.6 Å². The maximum absolute atomic E-state index is 14.1. The number of ether oxygens (including phenoxy) is 1. The highest BCUT2D eigenvalue weighted by molar-refractivity contribution is 6.30. The molecule has 192 valence electrons. The first-order valence-electron chi connectivity index (χ1n) is 12.8. The first kappa shape index (κ1) is 25.2. The van der Waals surface area contributed by atoms with Crippen molar-refractivity contribution in [2.75, 3.05) is 26.3 Å². The van der Waals surface area contributed by atoms with E-state index in [0.717, 1.165) is 19.3 Å². The molecule has 0 spiro atoms. The monoisotopic (exact) mass is 525 g/mol. The second-order valence-corrected chi connectivity index (χ2v) is 12.0. The minimum atomic E-state index is -0.630. The average Bonchev–Trinajstić information content (AvgIpc) is 2.80. The van der Waals surface area contributed by atoms with E-state index in [1.165, 1.54) is 31.4 Å². The van der Waals surface area contributed by atoms with Gasteiger partial charge in [0.05, 0.1) is 24.4 Å². The standard InChI is InChI=1S/C26H34Cl2FN3O3/c1-26(18-5-3-2-4-6-18)10-19(27)11-30-25(26)32-13-22(33)31(23(24(32)34)17-14-35-15-17)12-16-7-8-20(28)21(29)9-16/h7-9,17-19,23,25,30H,2-6,10-15H2,1H3/t19?,23-,25?,26?/m0/s1. The molecule has 0 radical (unpaired) electrons. The van der Waals surface area contributed by atoms with Gasteiger partial charge in [-0.1, -0.05) is 43.9 Å². The topological polar surface area (TPSA) is 61.9 Å². The SMILES string of the molecule is CC1(C2CCCCC2)CC(Cl)CNC1N1CC(=O)N(Cc2ccc(Cl)c(F)c2)[C@@H](C2COC2)C1=O. The number of rotatable bonds is 5. The summed E-state index contributed by atoms with van der Waals surface area (Å²) in [5, 5.41) is 3.59. The highest BCUT2D eigenvalue weighted by atomic mass is 35.5. The van der Waals surface area contributed by atoms with Gasteiger partial charge in [-0.3, -0.25) is 14.9 Å². The Hall–Kier alpha value is -1.41. The number of nitrogens with one attached hydrogen (secondary N) is 1. The van der Waals surface area contributed by atoms with Gasteiger partial charge in [0.15, 0.2) is 0 Å². The smallest absolute Gasteiger partial charge is 0.247 e. The molecule has 1 N–H and O–H groups in total. The van der Waals surface area contributed by atoms with Crippen molar-refractivity contribution in [3.8, 4) is 0 Å². The number of nitrogens with zero attached hydrogens (tertiary/aromatic N) is 2. The van der Waals surface area contributed by atoms with Crippen LogP contribution >= 0.6 is 23.2 Å². The molecular weight excluding hydrogens is 492 g/mol. The van der Waals surface area contributed by atoms with E-state index >= 15 is 0 Å². The van der Waals surface area contributed by atoms with Crippen LogP contribution in [-0.4, -0.2) is 65.5 Å². The van der Waals surface area contributed by atoms with Gasteiger partial charge in [-0.2, -0.15) is 0 Å². The highest BCUT2D eigenvalue weighted by Crippen LogP contribution is 2.48. The van der Waals surface area contributed by atoms with E-state index in [1.807, 2.05) is 0 Å². The van der Waals surface area contributed by atoms with E-state index in [2.05, 4.69) is 12.2 Å². The lowest BCUT2D eigenvalue weighted by molar-refractivity contribution is -0.176. The largest absolute Gasteiger partial charge is 0.380 e. The molecule has 3 aliphatic heterocycles. The zero-order valence-corrected chi connectivity index (χ0v) is 21.7. The lowest BCUT2D eigenvalue weighted by Gasteiger charge is -2.56. The Labute approximate surface area is 216 Å². The van der Waals surface area contributed by atoms with Crippen LogP contribution < -0.4 is 5.32 Å². The number of carbonyl (C=O) groups is 2. The third-order valence-electron chi connectivity index (χ3n) is 8.61. The quantitative estimate of drug-likeness (QED) is 0.585. The molecule has 4 fully saturated rings. The molecule has 1 saturated carbocycles. The summed E-state index contributed by atoms with van der Waals surface area (Å²) in [4.78, 5) is 31.1. The molecule has 3 unspecified atom stereocenters. The van der Waals surface area contributed by atoms with Gasteiger partial charge < -0.3 is 14.5 Å². The van der Waals surface area contributed by atoms with E-state index in [-0.39, 0.29) is 52.8 Å². The number of halogens is 3. The van der Waals surface area contributed by atoms with E-state index in [4.69, 9.17) is 27.9 Å². The molecule has 1 aromatic rings. The predicted molar refractivity (Wildman–Crippen MR) is 133 cm³/mol. The summed E-state index contributed by atoms with van der Waals surface area (Å²) in [5.74, 6) is -0.330.